The summed E-state index contributed by atoms with van der Waals surface area (Å²) in [6.45, 7) is 1.44. The molecule has 0 amide bonds. The lowest BCUT2D eigenvalue weighted by molar-refractivity contribution is -0.0549. The van der Waals surface area contributed by atoms with E-state index in [2.05, 4.69) is 4.98 Å². The number of rotatable bonds is 6. The van der Waals surface area contributed by atoms with Gasteiger partial charge in [0.1, 0.15) is 24.1 Å². The Kier molecular flexibility index (Phi) is 6.08. The number of nitrogens with two attached hydrogens (primary N) is 1. The van der Waals surface area contributed by atoms with E-state index in [4.69, 9.17) is 20.7 Å². The van der Waals surface area contributed by atoms with Crippen LogP contribution in [0.15, 0.2) is 16.6 Å². The minimum absolute atomic E-state index is 0.0336. The Bertz CT molecular complexity index is 659. The summed E-state index contributed by atoms with van der Waals surface area (Å²) < 4.78 is 6.39. The van der Waals surface area contributed by atoms with E-state index in [9.17, 15) is 15.0 Å². The number of aliphatic hydroxyl groups is 4. The van der Waals surface area contributed by atoms with Crippen LogP contribution in [0.5, 0.6) is 0 Å². The van der Waals surface area contributed by atoms with Gasteiger partial charge in [0.2, 0.25) is 0 Å². The quantitative estimate of drug-likeness (QED) is 0.424. The van der Waals surface area contributed by atoms with Crippen molar-refractivity contribution in [2.75, 3.05) is 18.9 Å². The summed E-state index contributed by atoms with van der Waals surface area (Å²) in [7, 11) is 0. The van der Waals surface area contributed by atoms with Gasteiger partial charge in [-0.1, -0.05) is 11.6 Å². The Morgan fingerprint density at radius 2 is 2.12 bits per heavy atom. The van der Waals surface area contributed by atoms with Crippen molar-refractivity contribution in [3.05, 3.63) is 27.8 Å². The van der Waals surface area contributed by atoms with Gasteiger partial charge in [0, 0.05) is 18.4 Å². The maximum atomic E-state index is 12.1. The Morgan fingerprint density at radius 3 is 2.71 bits per heavy atom. The van der Waals surface area contributed by atoms with E-state index in [1.807, 2.05) is 6.92 Å². The van der Waals surface area contributed by atoms with Crippen LogP contribution in [0.25, 0.3) is 6.08 Å². The maximum absolute atomic E-state index is 12.1. The molecule has 1 fully saturated rings. The third-order valence-electron chi connectivity index (χ3n) is 3.93. The van der Waals surface area contributed by atoms with Crippen molar-refractivity contribution in [2.24, 2.45) is 0 Å². The highest BCUT2D eigenvalue weighted by Crippen LogP contribution is 2.28. The molecule has 2 heterocycles. The molecule has 1 aliphatic rings. The summed E-state index contributed by atoms with van der Waals surface area (Å²) in [5, 5.41) is 37.9. The third kappa shape index (κ3) is 3.82. The minimum atomic E-state index is -1.38. The monoisotopic (exact) mass is 341 g/mol. The van der Waals surface area contributed by atoms with Gasteiger partial charge >= 0.3 is 5.69 Å². The van der Waals surface area contributed by atoms with E-state index in [-0.39, 0.29) is 12.4 Å². The SMILES string of the molecule is CC(=Cc1cn([C@@H]2O[C@H](CO)C(O)C2O)c(=O)nc1N)CCCO. The Balaban J connectivity index is 2.35. The fourth-order valence-corrected chi connectivity index (χ4v) is 2.60. The van der Waals surface area contributed by atoms with Crippen LogP contribution in [-0.2, 0) is 4.74 Å². The van der Waals surface area contributed by atoms with Crippen molar-refractivity contribution in [1.82, 2.24) is 9.55 Å². The number of allylic oxidation sites excluding steroid dienone is 1. The van der Waals surface area contributed by atoms with Gasteiger partial charge in [0.15, 0.2) is 6.23 Å². The molecule has 2 unspecified atom stereocenters. The zero-order chi connectivity index (χ0) is 17.9. The Hall–Kier alpha value is -1.78. The van der Waals surface area contributed by atoms with E-state index in [0.717, 1.165) is 10.1 Å². The molecular weight excluding hydrogens is 318 g/mol. The molecule has 134 valence electrons. The number of nitrogens with zero attached hydrogens (tertiary/aromatic N) is 2. The van der Waals surface area contributed by atoms with Crippen molar-refractivity contribution in [3.63, 3.8) is 0 Å². The Labute approximate surface area is 138 Å². The first-order chi connectivity index (χ1) is 11.4. The summed E-state index contributed by atoms with van der Waals surface area (Å²) in [5.41, 5.74) is 6.44. The molecule has 0 saturated carbocycles. The molecule has 9 nitrogen and oxygen atoms in total. The number of hydrogen-bond donors (Lipinski definition) is 5. The lowest BCUT2D eigenvalue weighted by Crippen LogP contribution is -2.36. The lowest BCUT2D eigenvalue weighted by Gasteiger charge is -2.18. The summed E-state index contributed by atoms with van der Waals surface area (Å²) in [5.74, 6) is 0.0336. The molecule has 24 heavy (non-hydrogen) atoms. The van der Waals surface area contributed by atoms with Gasteiger partial charge < -0.3 is 30.9 Å². The van der Waals surface area contributed by atoms with E-state index in [1.165, 1.54) is 6.20 Å². The third-order valence-corrected chi connectivity index (χ3v) is 3.93. The van der Waals surface area contributed by atoms with E-state index >= 15 is 0 Å². The van der Waals surface area contributed by atoms with Gasteiger partial charge in [-0.25, -0.2) is 4.79 Å². The number of aliphatic hydroxyl groups excluding tert-OH is 4. The standard InChI is InChI=1S/C15H23N3O6/c1-8(3-2-4-19)5-9-6-18(15(23)17-13(9)16)14-12(22)11(21)10(7-20)24-14/h5-6,10-12,14,19-22H,2-4,7H2,1H3,(H2,16,17,23)/t10-,11?,12?,14-/m1/s1. The van der Waals surface area contributed by atoms with Crippen molar-refractivity contribution in [2.45, 2.75) is 44.3 Å². The zero-order valence-corrected chi connectivity index (χ0v) is 13.4. The summed E-state index contributed by atoms with van der Waals surface area (Å²) in [4.78, 5) is 15.8. The van der Waals surface area contributed by atoms with Crippen molar-refractivity contribution in [3.8, 4) is 0 Å². The van der Waals surface area contributed by atoms with Gasteiger partial charge in [0.05, 0.1) is 6.61 Å². The smallest absolute Gasteiger partial charge is 0.351 e. The van der Waals surface area contributed by atoms with Gasteiger partial charge in [0.25, 0.3) is 0 Å². The molecule has 6 N–H and O–H groups in total. The van der Waals surface area contributed by atoms with Crippen LogP contribution in [0.2, 0.25) is 0 Å². The normalized spacial score (nSPS) is 27.6. The number of anilines is 1. The first-order valence-corrected chi connectivity index (χ1v) is 7.68. The lowest BCUT2D eigenvalue weighted by atomic mass is 10.1. The van der Waals surface area contributed by atoms with Crippen LogP contribution >= 0.6 is 0 Å². The molecule has 2 rings (SSSR count). The first-order valence-electron chi connectivity index (χ1n) is 7.68. The minimum Gasteiger partial charge on any atom is -0.396 e. The van der Waals surface area contributed by atoms with Gasteiger partial charge in [-0.2, -0.15) is 4.98 Å². The van der Waals surface area contributed by atoms with E-state index in [1.54, 1.807) is 6.08 Å². The topological polar surface area (TPSA) is 151 Å². The highest BCUT2D eigenvalue weighted by molar-refractivity contribution is 5.61. The molecule has 1 saturated heterocycles. The van der Waals surface area contributed by atoms with Crippen molar-refractivity contribution >= 4 is 11.9 Å². The van der Waals surface area contributed by atoms with Crippen LogP contribution in [0, 0.1) is 0 Å². The molecule has 0 spiro atoms. The van der Waals surface area contributed by atoms with E-state index < -0.39 is 36.8 Å². The predicted molar refractivity (Wildman–Crippen MR) is 85.9 cm³/mol. The van der Waals surface area contributed by atoms with Crippen molar-refractivity contribution in [1.29, 1.82) is 0 Å². The van der Waals surface area contributed by atoms with E-state index in [0.29, 0.717) is 18.4 Å². The number of ether oxygens (including phenoxy) is 1. The summed E-state index contributed by atoms with van der Waals surface area (Å²) in [6, 6.07) is 0. The van der Waals surface area contributed by atoms with Crippen LogP contribution in [0.3, 0.4) is 0 Å². The molecule has 0 bridgehead atoms. The largest absolute Gasteiger partial charge is 0.396 e. The van der Waals surface area contributed by atoms with Gasteiger partial charge in [-0.3, -0.25) is 4.57 Å². The molecule has 1 aromatic heterocycles. The highest BCUT2D eigenvalue weighted by Gasteiger charge is 2.43. The summed E-state index contributed by atoms with van der Waals surface area (Å²) >= 11 is 0. The van der Waals surface area contributed by atoms with Gasteiger partial charge in [-0.15, -0.1) is 0 Å². The van der Waals surface area contributed by atoms with Crippen molar-refractivity contribution < 1.29 is 25.2 Å². The molecule has 9 heteroatoms. The molecule has 0 radical (unpaired) electrons. The Morgan fingerprint density at radius 1 is 1.42 bits per heavy atom. The molecule has 1 aromatic rings. The molecule has 0 aliphatic carbocycles. The predicted octanol–water partition coefficient (Wildman–Crippen LogP) is -1.39. The zero-order valence-electron chi connectivity index (χ0n) is 13.4. The second-order valence-corrected chi connectivity index (χ2v) is 5.82. The molecule has 4 atom stereocenters. The summed E-state index contributed by atoms with van der Waals surface area (Å²) in [6.07, 6.45) is -0.454. The second-order valence-electron chi connectivity index (χ2n) is 5.82. The average Bonchev–Trinajstić information content (AvgIpc) is 2.83. The molecular formula is C15H23N3O6. The number of nitrogen functional groups attached to an aromatic ring is 1. The number of aromatic nitrogens is 2. The van der Waals surface area contributed by atoms with Crippen LogP contribution in [0.4, 0.5) is 5.82 Å². The second kappa shape index (κ2) is 7.86. The number of hydrogen-bond acceptors (Lipinski definition) is 8. The van der Waals surface area contributed by atoms with Crippen LogP contribution < -0.4 is 11.4 Å². The first kappa shape index (κ1) is 18.6. The molecule has 1 aliphatic heterocycles. The van der Waals surface area contributed by atoms with Gasteiger partial charge in [-0.05, 0) is 19.8 Å². The average molecular weight is 341 g/mol. The van der Waals surface area contributed by atoms with Crippen LogP contribution in [-0.4, -0.2) is 61.5 Å². The fourth-order valence-electron chi connectivity index (χ4n) is 2.60. The maximum Gasteiger partial charge on any atom is 0.351 e. The highest BCUT2D eigenvalue weighted by atomic mass is 16.6. The van der Waals surface area contributed by atoms with Crippen LogP contribution in [0.1, 0.15) is 31.6 Å². The fraction of sp³-hybridized carbons (Fsp3) is 0.600. The molecule has 0 aromatic carbocycles.